The summed E-state index contributed by atoms with van der Waals surface area (Å²) in [5, 5.41) is 17.3. The van der Waals surface area contributed by atoms with Crippen LogP contribution in [0.1, 0.15) is 17.5 Å². The number of carbonyl (C=O) groups excluding carboxylic acids is 1. The van der Waals surface area contributed by atoms with Crippen LogP contribution in [0.5, 0.6) is 11.5 Å². The molecule has 5 rings (SSSR count). The SMILES string of the molecule is CN(C)C/C=C/C(=O)Nc1cc2c(Nc3ccc(OCc4ccccc4)c(Cl)c3)c(C#N)cnc2cc1OC1CCOC1. The van der Waals surface area contributed by atoms with Gasteiger partial charge in [-0.1, -0.05) is 48.0 Å². The molecule has 1 amide bonds. The number of nitriles is 1. The van der Waals surface area contributed by atoms with Gasteiger partial charge in [0.2, 0.25) is 5.91 Å². The Hall–Kier alpha value is -4.62. The molecular formula is C33H32ClN5O4. The molecule has 1 unspecified atom stereocenters. The number of hydrogen-bond donors (Lipinski definition) is 2. The molecule has 0 saturated carbocycles. The highest BCUT2D eigenvalue weighted by atomic mass is 35.5. The van der Waals surface area contributed by atoms with Crippen LogP contribution in [0.3, 0.4) is 0 Å². The van der Waals surface area contributed by atoms with Crippen molar-refractivity contribution >= 4 is 45.5 Å². The Morgan fingerprint density at radius 3 is 2.74 bits per heavy atom. The normalized spacial score (nSPS) is 14.6. The Morgan fingerprint density at radius 2 is 2.02 bits per heavy atom. The number of rotatable bonds is 11. The number of aromatic nitrogens is 1. The quantitative estimate of drug-likeness (QED) is 0.194. The average Bonchev–Trinajstić information content (AvgIpc) is 3.51. The first kappa shape index (κ1) is 29.9. The molecule has 1 atom stereocenters. The lowest BCUT2D eigenvalue weighted by molar-refractivity contribution is -0.111. The lowest BCUT2D eigenvalue weighted by Gasteiger charge is -2.19. The van der Waals surface area contributed by atoms with Crippen molar-refractivity contribution in [2.75, 3.05) is 44.5 Å². The fourth-order valence-electron chi connectivity index (χ4n) is 4.54. The topological polar surface area (TPSA) is 109 Å². The summed E-state index contributed by atoms with van der Waals surface area (Å²) < 4.78 is 17.6. The molecule has 9 nitrogen and oxygen atoms in total. The van der Waals surface area contributed by atoms with Crippen molar-refractivity contribution in [2.24, 2.45) is 0 Å². The van der Waals surface area contributed by atoms with Crippen LogP contribution in [0.15, 0.2) is 79.0 Å². The van der Waals surface area contributed by atoms with Crippen molar-refractivity contribution in [3.63, 3.8) is 0 Å². The van der Waals surface area contributed by atoms with Crippen LogP contribution in [-0.2, 0) is 16.1 Å². The minimum atomic E-state index is -0.300. The standard InChI is InChI=1S/C33H32ClN5O4/c1-39(2)13-6-9-32(40)38-29-16-26-28(17-31(29)43-25-12-14-41-21-25)36-19-23(18-35)33(26)37-24-10-11-30(27(34)15-24)42-20-22-7-4-3-5-8-22/h3-11,15-17,19,25H,12-14,20-21H2,1-2H3,(H,36,37)(H,38,40)/b9-6+. The van der Waals surface area contributed by atoms with Gasteiger partial charge in [0.25, 0.3) is 0 Å². The predicted molar refractivity (Wildman–Crippen MR) is 168 cm³/mol. The molecule has 0 aliphatic carbocycles. The minimum Gasteiger partial charge on any atom is -0.487 e. The fraction of sp³-hybridized carbons (Fsp3) is 0.242. The molecule has 1 fully saturated rings. The third-order valence-electron chi connectivity index (χ3n) is 6.71. The largest absolute Gasteiger partial charge is 0.487 e. The highest BCUT2D eigenvalue weighted by molar-refractivity contribution is 6.32. The summed E-state index contributed by atoms with van der Waals surface area (Å²) in [6.45, 7) is 2.09. The van der Waals surface area contributed by atoms with Crippen molar-refractivity contribution < 1.29 is 19.0 Å². The number of benzene rings is 3. The second kappa shape index (κ2) is 14.0. The Labute approximate surface area is 255 Å². The molecular weight excluding hydrogens is 566 g/mol. The number of ether oxygens (including phenoxy) is 3. The molecule has 4 aromatic rings. The number of amides is 1. The van der Waals surface area contributed by atoms with E-state index in [4.69, 9.17) is 25.8 Å². The maximum Gasteiger partial charge on any atom is 0.248 e. The van der Waals surface area contributed by atoms with Crippen LogP contribution in [0.4, 0.5) is 17.1 Å². The predicted octanol–water partition coefficient (Wildman–Crippen LogP) is 6.31. The van der Waals surface area contributed by atoms with Crippen LogP contribution in [0.2, 0.25) is 5.02 Å². The number of fused-ring (bicyclic) bond motifs is 1. The van der Waals surface area contributed by atoms with Gasteiger partial charge >= 0.3 is 0 Å². The number of carbonyl (C=O) groups is 1. The molecule has 1 saturated heterocycles. The number of nitrogens with zero attached hydrogens (tertiary/aromatic N) is 3. The number of nitrogens with one attached hydrogen (secondary N) is 2. The van der Waals surface area contributed by atoms with E-state index in [1.807, 2.05) is 55.4 Å². The summed E-state index contributed by atoms with van der Waals surface area (Å²) in [6.07, 6.45) is 5.38. The first-order valence-electron chi connectivity index (χ1n) is 13.9. The van der Waals surface area contributed by atoms with E-state index in [9.17, 15) is 10.1 Å². The number of pyridine rings is 1. The van der Waals surface area contributed by atoms with E-state index < -0.39 is 0 Å². The van der Waals surface area contributed by atoms with E-state index >= 15 is 0 Å². The zero-order valence-corrected chi connectivity index (χ0v) is 24.7. The molecule has 2 heterocycles. The second-order valence-electron chi connectivity index (χ2n) is 10.3. The van der Waals surface area contributed by atoms with Crippen LogP contribution < -0.4 is 20.1 Å². The Balaban J connectivity index is 1.46. The zero-order valence-electron chi connectivity index (χ0n) is 24.0. The van der Waals surface area contributed by atoms with Gasteiger partial charge in [-0.05, 0) is 43.9 Å². The molecule has 0 radical (unpaired) electrons. The van der Waals surface area contributed by atoms with Crippen LogP contribution in [-0.4, -0.2) is 55.7 Å². The lowest BCUT2D eigenvalue weighted by atomic mass is 10.1. The van der Waals surface area contributed by atoms with E-state index in [0.717, 1.165) is 12.0 Å². The lowest BCUT2D eigenvalue weighted by Crippen LogP contribution is -2.18. The molecule has 220 valence electrons. The van der Waals surface area contributed by atoms with E-state index in [1.165, 1.54) is 12.3 Å². The zero-order chi connectivity index (χ0) is 30.2. The summed E-state index contributed by atoms with van der Waals surface area (Å²) >= 11 is 6.57. The summed E-state index contributed by atoms with van der Waals surface area (Å²) in [4.78, 5) is 19.3. The minimum absolute atomic E-state index is 0.141. The van der Waals surface area contributed by atoms with Gasteiger partial charge in [-0.15, -0.1) is 0 Å². The molecule has 43 heavy (non-hydrogen) atoms. The molecule has 1 aromatic heterocycles. The van der Waals surface area contributed by atoms with Gasteiger partial charge in [0.15, 0.2) is 0 Å². The first-order valence-corrected chi connectivity index (χ1v) is 14.2. The maximum absolute atomic E-state index is 12.8. The monoisotopic (exact) mass is 597 g/mol. The van der Waals surface area contributed by atoms with Crippen molar-refractivity contribution in [1.29, 1.82) is 5.26 Å². The molecule has 0 bridgehead atoms. The Bertz CT molecular complexity index is 1660. The number of anilines is 3. The second-order valence-corrected chi connectivity index (χ2v) is 10.7. The van der Waals surface area contributed by atoms with Crippen LogP contribution >= 0.6 is 11.6 Å². The van der Waals surface area contributed by atoms with Gasteiger partial charge in [-0.2, -0.15) is 5.26 Å². The Morgan fingerprint density at radius 1 is 1.19 bits per heavy atom. The molecule has 2 N–H and O–H groups in total. The molecule has 1 aliphatic heterocycles. The number of likely N-dealkylation sites (N-methyl/N-ethyl adjacent to an activating group) is 1. The van der Waals surface area contributed by atoms with E-state index in [0.29, 0.717) is 76.4 Å². The molecule has 3 aromatic carbocycles. The maximum atomic E-state index is 12.8. The van der Waals surface area contributed by atoms with Gasteiger partial charge in [0, 0.05) is 42.4 Å². The van der Waals surface area contributed by atoms with Crippen molar-refractivity contribution in [2.45, 2.75) is 19.1 Å². The van der Waals surface area contributed by atoms with Gasteiger partial charge in [-0.3, -0.25) is 9.78 Å². The summed E-state index contributed by atoms with van der Waals surface area (Å²) in [6, 6.07) is 20.9. The smallest absolute Gasteiger partial charge is 0.248 e. The number of halogens is 1. The fourth-order valence-corrected chi connectivity index (χ4v) is 4.78. The van der Waals surface area contributed by atoms with Gasteiger partial charge < -0.3 is 29.7 Å². The van der Waals surface area contributed by atoms with Gasteiger partial charge in [0.1, 0.15) is 30.3 Å². The third kappa shape index (κ3) is 7.81. The van der Waals surface area contributed by atoms with Crippen molar-refractivity contribution in [3.8, 4) is 17.6 Å². The Kier molecular flexibility index (Phi) is 9.74. The summed E-state index contributed by atoms with van der Waals surface area (Å²) in [7, 11) is 3.85. The first-order chi connectivity index (χ1) is 20.9. The van der Waals surface area contributed by atoms with Crippen LogP contribution in [0.25, 0.3) is 10.9 Å². The van der Waals surface area contributed by atoms with Crippen LogP contribution in [0, 0.1) is 11.3 Å². The van der Waals surface area contributed by atoms with Crippen molar-refractivity contribution in [1.82, 2.24) is 9.88 Å². The van der Waals surface area contributed by atoms with E-state index in [2.05, 4.69) is 21.7 Å². The summed E-state index contributed by atoms with van der Waals surface area (Å²) in [5.41, 5.74) is 3.58. The highest BCUT2D eigenvalue weighted by Gasteiger charge is 2.21. The van der Waals surface area contributed by atoms with E-state index in [1.54, 1.807) is 30.3 Å². The number of hydrogen-bond acceptors (Lipinski definition) is 8. The summed E-state index contributed by atoms with van der Waals surface area (Å²) in [5.74, 6) is 0.718. The highest BCUT2D eigenvalue weighted by Crippen LogP contribution is 2.38. The van der Waals surface area contributed by atoms with Gasteiger partial charge in [0.05, 0.1) is 40.7 Å². The molecule has 1 aliphatic rings. The van der Waals surface area contributed by atoms with Gasteiger partial charge in [-0.25, -0.2) is 0 Å². The van der Waals surface area contributed by atoms with E-state index in [-0.39, 0.29) is 12.0 Å². The molecule has 0 spiro atoms. The average molecular weight is 598 g/mol. The molecule has 10 heteroatoms. The third-order valence-corrected chi connectivity index (χ3v) is 7.00. The van der Waals surface area contributed by atoms with Crippen molar-refractivity contribution in [3.05, 3.63) is 95.2 Å².